The van der Waals surface area contributed by atoms with Crippen molar-refractivity contribution in [2.45, 2.75) is 25.4 Å². The summed E-state index contributed by atoms with van der Waals surface area (Å²) in [5.41, 5.74) is 6.94. The maximum atomic E-state index is 14.9. The van der Waals surface area contributed by atoms with E-state index in [9.17, 15) is 18.8 Å². The van der Waals surface area contributed by atoms with E-state index in [4.69, 9.17) is 10.5 Å². The number of nitrogens with one attached hydrogen (secondary N) is 2. The van der Waals surface area contributed by atoms with Gasteiger partial charge in [-0.1, -0.05) is 5.21 Å². The number of nitrogens with zero attached hydrogens (tertiary/aromatic N) is 6. The Balaban J connectivity index is 1.11. The Hall–Kier alpha value is -4.63. The molecule has 0 atom stereocenters. The average Bonchev–Trinajstić information content (AvgIpc) is 3.48. The minimum Gasteiger partial charge on any atom is -0.453 e. The molecule has 6 rings (SSSR count). The van der Waals surface area contributed by atoms with Crippen molar-refractivity contribution < 1.29 is 23.5 Å². The van der Waals surface area contributed by atoms with Gasteiger partial charge in [0, 0.05) is 56.2 Å². The highest BCUT2D eigenvalue weighted by atomic mass is 32.1. The van der Waals surface area contributed by atoms with Gasteiger partial charge < -0.3 is 30.9 Å². The van der Waals surface area contributed by atoms with Crippen LogP contribution in [0.2, 0.25) is 0 Å². The number of pyridine rings is 1. The third-order valence-corrected chi connectivity index (χ3v) is 8.11. The number of anilines is 1. The zero-order chi connectivity index (χ0) is 29.2. The number of halogens is 1. The first-order valence-electron chi connectivity index (χ1n) is 13.5. The summed E-state index contributed by atoms with van der Waals surface area (Å²) in [6, 6.07) is 7.54. The Kier molecular flexibility index (Phi) is 7.67. The number of piperazine rings is 1. The zero-order valence-corrected chi connectivity index (χ0v) is 23.3. The standard InChI is InChI=1S/C27H28FN9O4S/c28-18-11-17(32-27(40)31-16-1-2-16)3-4-21(18)41-22-5-6-30-19-12-23(42-26(19)22)20-14-37(34-33-20)15-25(39)36-9-7-35(8-10-36)24(38)13-29/h3-6,11-12,14,16H,1-2,7-10,13,15,29H2,(H2,31,32,40). The molecule has 2 fully saturated rings. The van der Waals surface area contributed by atoms with Gasteiger partial charge in [-0.25, -0.2) is 13.9 Å². The van der Waals surface area contributed by atoms with Gasteiger partial charge in [-0.3, -0.25) is 14.6 Å². The molecular weight excluding hydrogens is 565 g/mol. The SMILES string of the molecule is NCC(=O)N1CCN(C(=O)Cn2cc(-c3cc4nccc(Oc5ccc(NC(=O)NC6CC6)cc5F)c4s3)nn2)CC1. The van der Waals surface area contributed by atoms with Gasteiger partial charge in [0.15, 0.2) is 11.6 Å². The number of thiophene rings is 1. The molecule has 3 aromatic heterocycles. The first kappa shape index (κ1) is 27.5. The number of carbonyl (C=O) groups is 3. The Morgan fingerprint density at radius 3 is 2.52 bits per heavy atom. The number of urea groups is 1. The number of amides is 4. The van der Waals surface area contributed by atoms with Crippen LogP contribution in [-0.4, -0.2) is 86.4 Å². The summed E-state index contributed by atoms with van der Waals surface area (Å²) in [6.07, 6.45) is 5.16. The first-order valence-corrected chi connectivity index (χ1v) is 14.3. The van der Waals surface area contributed by atoms with Crippen molar-refractivity contribution in [3.63, 3.8) is 0 Å². The number of hydrogen-bond donors (Lipinski definition) is 3. The normalized spacial score (nSPS) is 15.1. The van der Waals surface area contributed by atoms with Gasteiger partial charge in [-0.2, -0.15) is 0 Å². The summed E-state index contributed by atoms with van der Waals surface area (Å²) >= 11 is 1.36. The molecule has 13 nitrogen and oxygen atoms in total. The Morgan fingerprint density at radius 2 is 1.81 bits per heavy atom. The fourth-order valence-corrected chi connectivity index (χ4v) is 5.56. The lowest BCUT2D eigenvalue weighted by atomic mass is 10.3. The number of nitrogens with two attached hydrogens (primary N) is 1. The van der Waals surface area contributed by atoms with Crippen LogP contribution in [0, 0.1) is 5.82 Å². The molecule has 15 heteroatoms. The minimum atomic E-state index is -0.624. The van der Waals surface area contributed by atoms with Crippen molar-refractivity contribution in [1.82, 2.24) is 35.1 Å². The monoisotopic (exact) mass is 593 g/mol. The number of carbonyl (C=O) groups excluding carboxylic acids is 3. The zero-order valence-electron chi connectivity index (χ0n) is 22.5. The lowest BCUT2D eigenvalue weighted by Crippen LogP contribution is -2.52. The van der Waals surface area contributed by atoms with Crippen LogP contribution < -0.4 is 21.1 Å². The Labute approximate surface area is 243 Å². The Morgan fingerprint density at radius 1 is 1.05 bits per heavy atom. The summed E-state index contributed by atoms with van der Waals surface area (Å²) in [5.74, 6) is -0.451. The molecule has 1 aromatic carbocycles. The van der Waals surface area contributed by atoms with Crippen LogP contribution in [0.15, 0.2) is 42.7 Å². The number of hydrogen-bond acceptors (Lipinski definition) is 9. The lowest BCUT2D eigenvalue weighted by molar-refractivity contribution is -0.139. The molecule has 218 valence electrons. The molecule has 0 bridgehead atoms. The van der Waals surface area contributed by atoms with E-state index in [2.05, 4.69) is 25.9 Å². The smallest absolute Gasteiger partial charge is 0.319 e. The van der Waals surface area contributed by atoms with Crippen molar-refractivity contribution in [2.75, 3.05) is 38.0 Å². The third kappa shape index (κ3) is 6.16. The summed E-state index contributed by atoms with van der Waals surface area (Å²) in [7, 11) is 0. The molecule has 4 N–H and O–H groups in total. The maximum absolute atomic E-state index is 14.9. The molecule has 0 spiro atoms. The molecule has 2 aliphatic rings. The molecule has 0 unspecified atom stereocenters. The van der Waals surface area contributed by atoms with E-state index in [1.807, 2.05) is 6.07 Å². The predicted octanol–water partition coefficient (Wildman–Crippen LogP) is 2.40. The first-order chi connectivity index (χ1) is 20.4. The number of aromatic nitrogens is 4. The number of fused-ring (bicyclic) bond motifs is 1. The maximum Gasteiger partial charge on any atom is 0.319 e. The fourth-order valence-electron chi connectivity index (χ4n) is 4.54. The molecule has 0 radical (unpaired) electrons. The fraction of sp³-hybridized carbons (Fsp3) is 0.333. The summed E-state index contributed by atoms with van der Waals surface area (Å²) in [4.78, 5) is 45.0. The second-order valence-electron chi connectivity index (χ2n) is 10.0. The van der Waals surface area contributed by atoms with E-state index in [1.54, 1.807) is 34.3 Å². The highest BCUT2D eigenvalue weighted by molar-refractivity contribution is 7.22. The van der Waals surface area contributed by atoms with Crippen molar-refractivity contribution >= 4 is 45.1 Å². The van der Waals surface area contributed by atoms with Crippen LogP contribution in [-0.2, 0) is 16.1 Å². The Bertz CT molecular complexity index is 1650. The van der Waals surface area contributed by atoms with Crippen LogP contribution in [0.3, 0.4) is 0 Å². The number of rotatable bonds is 8. The highest BCUT2D eigenvalue weighted by Gasteiger charge is 2.25. The van der Waals surface area contributed by atoms with Gasteiger partial charge in [-0.05, 0) is 31.0 Å². The van der Waals surface area contributed by atoms with Crippen molar-refractivity contribution in [3.8, 4) is 22.1 Å². The highest BCUT2D eigenvalue weighted by Crippen LogP contribution is 2.39. The molecule has 1 saturated heterocycles. The summed E-state index contributed by atoms with van der Waals surface area (Å²) < 4.78 is 22.9. The van der Waals surface area contributed by atoms with E-state index >= 15 is 0 Å². The van der Waals surface area contributed by atoms with Gasteiger partial charge in [0.1, 0.15) is 18.0 Å². The minimum absolute atomic E-state index is 0.00304. The van der Waals surface area contributed by atoms with Crippen LogP contribution in [0.5, 0.6) is 11.5 Å². The molecule has 4 amide bonds. The van der Waals surface area contributed by atoms with E-state index in [0.717, 1.165) is 17.7 Å². The van der Waals surface area contributed by atoms with E-state index in [1.165, 1.54) is 28.2 Å². The topological polar surface area (TPSA) is 161 Å². The third-order valence-electron chi connectivity index (χ3n) is 6.95. The summed E-state index contributed by atoms with van der Waals surface area (Å²) in [5, 5.41) is 13.8. The van der Waals surface area contributed by atoms with Gasteiger partial charge in [0.2, 0.25) is 11.8 Å². The number of ether oxygens (including phenoxy) is 1. The van der Waals surface area contributed by atoms with Gasteiger partial charge in [0.25, 0.3) is 0 Å². The second kappa shape index (κ2) is 11.7. The lowest BCUT2D eigenvalue weighted by Gasteiger charge is -2.34. The van der Waals surface area contributed by atoms with E-state index < -0.39 is 5.82 Å². The van der Waals surface area contributed by atoms with Crippen molar-refractivity contribution in [2.24, 2.45) is 5.73 Å². The molecule has 1 aliphatic heterocycles. The van der Waals surface area contributed by atoms with E-state index in [0.29, 0.717) is 53.5 Å². The molecule has 4 aromatic rings. The predicted molar refractivity (Wildman–Crippen MR) is 153 cm³/mol. The van der Waals surface area contributed by atoms with Gasteiger partial charge in [-0.15, -0.1) is 16.4 Å². The van der Waals surface area contributed by atoms with Crippen LogP contribution in [0.1, 0.15) is 12.8 Å². The van der Waals surface area contributed by atoms with Gasteiger partial charge in [0.05, 0.1) is 27.8 Å². The van der Waals surface area contributed by atoms with Crippen molar-refractivity contribution in [1.29, 1.82) is 0 Å². The average molecular weight is 594 g/mol. The van der Waals surface area contributed by atoms with Gasteiger partial charge >= 0.3 is 6.03 Å². The molecule has 1 saturated carbocycles. The molecule has 42 heavy (non-hydrogen) atoms. The van der Waals surface area contributed by atoms with Crippen LogP contribution in [0.4, 0.5) is 14.9 Å². The quantitative estimate of drug-likeness (QED) is 0.281. The van der Waals surface area contributed by atoms with Crippen LogP contribution >= 0.6 is 11.3 Å². The van der Waals surface area contributed by atoms with Crippen molar-refractivity contribution in [3.05, 3.63) is 48.5 Å². The number of benzene rings is 1. The molecule has 4 heterocycles. The van der Waals surface area contributed by atoms with Crippen LogP contribution in [0.25, 0.3) is 20.8 Å². The molecular formula is C27H28FN9O4S. The second-order valence-corrected chi connectivity index (χ2v) is 11.1. The molecule has 1 aliphatic carbocycles. The van der Waals surface area contributed by atoms with E-state index in [-0.39, 0.29) is 42.7 Å². The largest absolute Gasteiger partial charge is 0.453 e. The summed E-state index contributed by atoms with van der Waals surface area (Å²) in [6.45, 7) is 1.75.